The third kappa shape index (κ3) is 3.18. The summed E-state index contributed by atoms with van der Waals surface area (Å²) in [6, 6.07) is 0. The van der Waals surface area contributed by atoms with Gasteiger partial charge in [-0.3, -0.25) is 4.79 Å². The Morgan fingerprint density at radius 1 is 1.33 bits per heavy atom. The number of amides is 1. The minimum Gasteiger partial charge on any atom is -0.378 e. The fraction of sp³-hybridized carbons (Fsp3) is 0.929. The van der Waals surface area contributed by atoms with Crippen LogP contribution in [-0.4, -0.2) is 31.0 Å². The molecule has 2 atom stereocenters. The average Bonchev–Trinajstić information content (AvgIpc) is 2.78. The molecule has 1 amide bonds. The largest absolute Gasteiger partial charge is 0.378 e. The van der Waals surface area contributed by atoms with Crippen molar-refractivity contribution in [2.45, 2.75) is 50.5 Å². The SMILES string of the molecule is COC1(CC(=O)NCC2CCCC2CCl)CCC1. The van der Waals surface area contributed by atoms with Crippen molar-refractivity contribution >= 4 is 17.5 Å². The van der Waals surface area contributed by atoms with E-state index in [0.29, 0.717) is 18.3 Å². The molecule has 1 N–H and O–H groups in total. The number of carbonyl (C=O) groups is 1. The van der Waals surface area contributed by atoms with Crippen molar-refractivity contribution in [3.05, 3.63) is 0 Å². The quantitative estimate of drug-likeness (QED) is 0.756. The highest BCUT2D eigenvalue weighted by molar-refractivity contribution is 6.18. The van der Waals surface area contributed by atoms with E-state index in [1.54, 1.807) is 7.11 Å². The van der Waals surface area contributed by atoms with Gasteiger partial charge < -0.3 is 10.1 Å². The number of hydrogen-bond donors (Lipinski definition) is 1. The first kappa shape index (κ1) is 14.1. The lowest BCUT2D eigenvalue weighted by Gasteiger charge is -2.40. The van der Waals surface area contributed by atoms with Crippen molar-refractivity contribution in [3.8, 4) is 0 Å². The maximum absolute atomic E-state index is 11.9. The maximum atomic E-state index is 11.9. The second-order valence-corrected chi connectivity index (χ2v) is 6.14. The number of ether oxygens (including phenoxy) is 1. The number of rotatable bonds is 6. The molecule has 0 spiro atoms. The van der Waals surface area contributed by atoms with Gasteiger partial charge in [-0.1, -0.05) is 6.42 Å². The molecule has 2 rings (SSSR count). The molecule has 2 fully saturated rings. The summed E-state index contributed by atoms with van der Waals surface area (Å²) in [5.74, 6) is 2.03. The lowest BCUT2D eigenvalue weighted by atomic mass is 9.77. The fourth-order valence-corrected chi connectivity index (χ4v) is 3.62. The molecule has 0 aromatic rings. The molecule has 2 saturated carbocycles. The molecule has 2 unspecified atom stereocenters. The van der Waals surface area contributed by atoms with E-state index < -0.39 is 0 Å². The van der Waals surface area contributed by atoms with E-state index in [1.165, 1.54) is 25.7 Å². The minimum absolute atomic E-state index is 0.136. The molecular weight excluding hydrogens is 250 g/mol. The van der Waals surface area contributed by atoms with Crippen molar-refractivity contribution < 1.29 is 9.53 Å². The molecule has 3 nitrogen and oxygen atoms in total. The van der Waals surface area contributed by atoms with Gasteiger partial charge in [0.05, 0.1) is 12.0 Å². The van der Waals surface area contributed by atoms with Crippen LogP contribution in [0.4, 0.5) is 0 Å². The van der Waals surface area contributed by atoms with Crippen LogP contribution in [0.2, 0.25) is 0 Å². The molecule has 104 valence electrons. The second kappa shape index (κ2) is 6.25. The van der Waals surface area contributed by atoms with E-state index in [1.807, 2.05) is 0 Å². The first-order valence-electron chi connectivity index (χ1n) is 7.07. The summed E-state index contributed by atoms with van der Waals surface area (Å²) in [7, 11) is 1.72. The number of carbonyl (C=O) groups excluding carboxylic acids is 1. The van der Waals surface area contributed by atoms with Gasteiger partial charge in [0.1, 0.15) is 0 Å². The van der Waals surface area contributed by atoms with Gasteiger partial charge in [-0.15, -0.1) is 11.6 Å². The minimum atomic E-state index is -0.161. The first-order chi connectivity index (χ1) is 8.69. The van der Waals surface area contributed by atoms with E-state index in [-0.39, 0.29) is 11.5 Å². The van der Waals surface area contributed by atoms with Gasteiger partial charge in [-0.05, 0) is 43.9 Å². The van der Waals surface area contributed by atoms with Crippen LogP contribution in [0, 0.1) is 11.8 Å². The first-order valence-corrected chi connectivity index (χ1v) is 7.60. The molecule has 4 heteroatoms. The Balaban J connectivity index is 1.71. The second-order valence-electron chi connectivity index (χ2n) is 5.83. The Kier molecular flexibility index (Phi) is 4.91. The maximum Gasteiger partial charge on any atom is 0.222 e. The van der Waals surface area contributed by atoms with Crippen LogP contribution in [0.3, 0.4) is 0 Å². The predicted molar refractivity (Wildman–Crippen MR) is 72.8 cm³/mol. The van der Waals surface area contributed by atoms with E-state index in [0.717, 1.165) is 25.3 Å². The third-order valence-electron chi connectivity index (χ3n) is 4.76. The zero-order chi connectivity index (χ0) is 13.0. The predicted octanol–water partition coefficient (Wildman–Crippen LogP) is 2.72. The number of halogens is 1. The highest BCUT2D eigenvalue weighted by Gasteiger charge is 2.39. The van der Waals surface area contributed by atoms with Gasteiger partial charge in [0.25, 0.3) is 0 Å². The van der Waals surface area contributed by atoms with Crippen LogP contribution in [0.1, 0.15) is 44.9 Å². The molecule has 18 heavy (non-hydrogen) atoms. The van der Waals surface area contributed by atoms with Crippen molar-refractivity contribution in [2.75, 3.05) is 19.5 Å². The van der Waals surface area contributed by atoms with E-state index in [9.17, 15) is 4.79 Å². The van der Waals surface area contributed by atoms with Gasteiger partial charge in [0.15, 0.2) is 0 Å². The fourth-order valence-electron chi connectivity index (χ4n) is 3.21. The summed E-state index contributed by atoms with van der Waals surface area (Å²) in [5, 5.41) is 3.07. The zero-order valence-corrected chi connectivity index (χ0v) is 12.0. The molecule has 2 aliphatic carbocycles. The zero-order valence-electron chi connectivity index (χ0n) is 11.2. The Hall–Kier alpha value is -0.280. The molecule has 0 heterocycles. The van der Waals surface area contributed by atoms with Crippen LogP contribution in [-0.2, 0) is 9.53 Å². The molecule has 0 aromatic heterocycles. The lowest BCUT2D eigenvalue weighted by molar-refractivity contribution is -0.134. The summed E-state index contributed by atoms with van der Waals surface area (Å²) < 4.78 is 5.48. The van der Waals surface area contributed by atoms with Gasteiger partial charge in [0, 0.05) is 19.5 Å². The summed E-state index contributed by atoms with van der Waals surface area (Å²) in [4.78, 5) is 11.9. The molecule has 0 saturated heterocycles. The number of hydrogen-bond acceptors (Lipinski definition) is 2. The van der Waals surface area contributed by atoms with Crippen LogP contribution in [0.15, 0.2) is 0 Å². The topological polar surface area (TPSA) is 38.3 Å². The molecule has 0 bridgehead atoms. The van der Waals surface area contributed by atoms with Gasteiger partial charge >= 0.3 is 0 Å². The lowest BCUT2D eigenvalue weighted by Crippen LogP contribution is -2.44. The van der Waals surface area contributed by atoms with E-state index in [2.05, 4.69) is 5.32 Å². The highest BCUT2D eigenvalue weighted by atomic mass is 35.5. The molecule has 0 aromatic carbocycles. The smallest absolute Gasteiger partial charge is 0.222 e. The van der Waals surface area contributed by atoms with Crippen molar-refractivity contribution in [1.82, 2.24) is 5.32 Å². The van der Waals surface area contributed by atoms with Crippen molar-refractivity contribution in [3.63, 3.8) is 0 Å². The number of nitrogens with one attached hydrogen (secondary N) is 1. The summed E-state index contributed by atoms with van der Waals surface area (Å²) in [5.41, 5.74) is -0.161. The highest BCUT2D eigenvalue weighted by Crippen LogP contribution is 2.38. The molecule has 0 aliphatic heterocycles. The standard InChI is InChI=1S/C14H24ClNO2/c1-18-14(6-3-7-14)8-13(17)16-10-12-5-2-4-11(12)9-15/h11-12H,2-10H2,1H3,(H,16,17). The van der Waals surface area contributed by atoms with Crippen LogP contribution < -0.4 is 5.32 Å². The third-order valence-corrected chi connectivity index (χ3v) is 5.15. The molecule has 2 aliphatic rings. The van der Waals surface area contributed by atoms with Crippen molar-refractivity contribution in [2.24, 2.45) is 11.8 Å². The average molecular weight is 274 g/mol. The van der Waals surface area contributed by atoms with E-state index >= 15 is 0 Å². The van der Waals surface area contributed by atoms with Crippen molar-refractivity contribution in [1.29, 1.82) is 0 Å². The van der Waals surface area contributed by atoms with Crippen LogP contribution in [0.25, 0.3) is 0 Å². The van der Waals surface area contributed by atoms with Gasteiger partial charge in [0.2, 0.25) is 5.91 Å². The van der Waals surface area contributed by atoms with Gasteiger partial charge in [-0.25, -0.2) is 0 Å². The summed E-state index contributed by atoms with van der Waals surface area (Å²) in [6.07, 6.45) is 7.40. The van der Waals surface area contributed by atoms with Crippen LogP contribution in [0.5, 0.6) is 0 Å². The summed E-state index contributed by atoms with van der Waals surface area (Å²) in [6.45, 7) is 0.788. The Morgan fingerprint density at radius 2 is 2.06 bits per heavy atom. The monoisotopic (exact) mass is 273 g/mol. The summed E-state index contributed by atoms with van der Waals surface area (Å²) >= 11 is 5.95. The number of methoxy groups -OCH3 is 1. The molecule has 0 radical (unpaired) electrons. The normalized spacial score (nSPS) is 29.9. The molecular formula is C14H24ClNO2. The Labute approximate surface area is 115 Å². The Morgan fingerprint density at radius 3 is 2.61 bits per heavy atom. The Bertz CT molecular complexity index is 286. The van der Waals surface area contributed by atoms with Crippen LogP contribution >= 0.6 is 11.6 Å². The van der Waals surface area contributed by atoms with Gasteiger partial charge in [-0.2, -0.15) is 0 Å². The number of alkyl halides is 1. The van der Waals surface area contributed by atoms with E-state index in [4.69, 9.17) is 16.3 Å².